The molecule has 1 heterocycles. The van der Waals surface area contributed by atoms with Crippen LogP contribution in [0, 0.1) is 0 Å². The van der Waals surface area contributed by atoms with Crippen LogP contribution in [0.1, 0.15) is 11.1 Å². The maximum absolute atomic E-state index is 6.19. The molecule has 136 valence electrons. The van der Waals surface area contributed by atoms with Crippen LogP contribution in [0.3, 0.4) is 0 Å². The Morgan fingerprint density at radius 3 is 2.07 bits per heavy atom. The molecule has 0 N–H and O–H groups in total. The number of halogens is 2. The van der Waals surface area contributed by atoms with Crippen LogP contribution in [-0.4, -0.2) is 9.78 Å². The van der Waals surface area contributed by atoms with E-state index in [4.69, 9.17) is 23.2 Å². The third-order valence-corrected chi connectivity index (χ3v) is 4.96. The van der Waals surface area contributed by atoms with Gasteiger partial charge in [-0.25, -0.2) is 0 Å². The van der Waals surface area contributed by atoms with Crippen LogP contribution in [0.2, 0.25) is 10.0 Å². The van der Waals surface area contributed by atoms with Crippen molar-refractivity contribution in [2.45, 2.75) is 13.1 Å². The molecule has 0 amide bonds. The summed E-state index contributed by atoms with van der Waals surface area (Å²) in [5, 5.41) is 7.09. The van der Waals surface area contributed by atoms with E-state index in [9.17, 15) is 0 Å². The van der Waals surface area contributed by atoms with Crippen LogP contribution in [0.25, 0.3) is 10.9 Å². The molecule has 0 aliphatic heterocycles. The summed E-state index contributed by atoms with van der Waals surface area (Å²) in [4.78, 5) is 2.32. The first-order valence-electron chi connectivity index (χ1n) is 8.74. The molecule has 0 aliphatic rings. The molecule has 4 rings (SSSR count). The number of benzene rings is 3. The molecule has 0 radical (unpaired) electrons. The lowest BCUT2D eigenvalue weighted by atomic mass is 10.1. The van der Waals surface area contributed by atoms with Crippen molar-refractivity contribution in [1.29, 1.82) is 0 Å². The second-order valence-corrected chi connectivity index (χ2v) is 7.53. The zero-order chi connectivity index (χ0) is 18.8. The zero-order valence-corrected chi connectivity index (χ0v) is 16.5. The molecular formula is C22H19Cl2N3. The van der Waals surface area contributed by atoms with Crippen LogP contribution in [0.15, 0.2) is 72.9 Å². The Kier molecular flexibility index (Phi) is 5.06. The predicted molar refractivity (Wildman–Crippen MR) is 114 cm³/mol. The van der Waals surface area contributed by atoms with Gasteiger partial charge in [-0.3, -0.25) is 4.68 Å². The first-order chi connectivity index (χ1) is 13.1. The molecule has 0 aliphatic carbocycles. The molecule has 0 saturated carbocycles. The van der Waals surface area contributed by atoms with Crippen molar-refractivity contribution in [3.63, 3.8) is 0 Å². The number of fused-ring (bicyclic) bond motifs is 1. The third kappa shape index (κ3) is 4.26. The van der Waals surface area contributed by atoms with Gasteiger partial charge < -0.3 is 4.90 Å². The highest BCUT2D eigenvalue weighted by molar-refractivity contribution is 6.30. The van der Waals surface area contributed by atoms with Gasteiger partial charge >= 0.3 is 0 Å². The molecule has 5 heteroatoms. The monoisotopic (exact) mass is 395 g/mol. The smallest absolute Gasteiger partial charge is 0.0924 e. The Labute approximate surface area is 168 Å². The summed E-state index contributed by atoms with van der Waals surface area (Å²) in [6.45, 7) is 1.50. The minimum atomic E-state index is 0.748. The Morgan fingerprint density at radius 2 is 1.48 bits per heavy atom. The van der Waals surface area contributed by atoms with E-state index in [1.807, 2.05) is 54.3 Å². The first kappa shape index (κ1) is 17.9. The Bertz CT molecular complexity index is 1040. The number of hydrogen-bond acceptors (Lipinski definition) is 2. The fourth-order valence-electron chi connectivity index (χ4n) is 3.28. The van der Waals surface area contributed by atoms with E-state index in [-0.39, 0.29) is 0 Å². The van der Waals surface area contributed by atoms with Gasteiger partial charge in [-0.05, 0) is 53.6 Å². The van der Waals surface area contributed by atoms with Gasteiger partial charge in [-0.2, -0.15) is 5.10 Å². The highest BCUT2D eigenvalue weighted by atomic mass is 35.5. The number of hydrogen-bond donors (Lipinski definition) is 0. The molecule has 1 aromatic heterocycles. The quantitative estimate of drug-likeness (QED) is 0.407. The largest absolute Gasteiger partial charge is 0.363 e. The molecule has 0 saturated heterocycles. The van der Waals surface area contributed by atoms with Crippen molar-refractivity contribution in [1.82, 2.24) is 9.78 Å². The van der Waals surface area contributed by atoms with E-state index in [0.29, 0.717) is 0 Å². The summed E-state index contributed by atoms with van der Waals surface area (Å²) in [6, 6.07) is 22.3. The number of aromatic nitrogens is 2. The third-order valence-electron chi connectivity index (χ3n) is 4.49. The summed E-state index contributed by atoms with van der Waals surface area (Å²) in [6.07, 6.45) is 2.04. The molecular weight excluding hydrogens is 377 g/mol. The lowest BCUT2D eigenvalue weighted by molar-refractivity contribution is 0.780. The van der Waals surface area contributed by atoms with Gasteiger partial charge in [0.2, 0.25) is 0 Å². The van der Waals surface area contributed by atoms with Crippen molar-refractivity contribution < 1.29 is 0 Å². The second kappa shape index (κ2) is 7.63. The Morgan fingerprint density at radius 1 is 0.852 bits per heavy atom. The second-order valence-electron chi connectivity index (χ2n) is 6.66. The Hall–Kier alpha value is -2.49. The highest BCUT2D eigenvalue weighted by Crippen LogP contribution is 2.26. The van der Waals surface area contributed by atoms with E-state index in [1.54, 1.807) is 0 Å². The van der Waals surface area contributed by atoms with Gasteiger partial charge in [0.05, 0.1) is 5.52 Å². The number of anilines is 1. The summed E-state index contributed by atoms with van der Waals surface area (Å²) >= 11 is 12.4. The highest BCUT2D eigenvalue weighted by Gasteiger charge is 2.11. The molecule has 4 aromatic rings. The summed E-state index contributed by atoms with van der Waals surface area (Å²) in [5.74, 6) is 0. The van der Waals surface area contributed by atoms with Crippen LogP contribution in [0.4, 0.5) is 5.69 Å². The molecule has 0 spiro atoms. The normalized spacial score (nSPS) is 11.1. The van der Waals surface area contributed by atoms with Crippen LogP contribution >= 0.6 is 23.2 Å². The van der Waals surface area contributed by atoms with E-state index >= 15 is 0 Å². The van der Waals surface area contributed by atoms with Crippen LogP contribution < -0.4 is 4.90 Å². The standard InChI is InChI=1S/C22H19Cl2N3/c1-26-15-18-12-21(8-9-22(18)25-26)27(13-16-4-2-6-19(23)10-16)14-17-5-3-7-20(24)11-17/h2-12,15H,13-14H2,1H3. The number of rotatable bonds is 5. The van der Waals surface area contributed by atoms with Gasteiger partial charge in [0, 0.05) is 47.5 Å². The topological polar surface area (TPSA) is 21.1 Å². The average Bonchev–Trinajstić information content (AvgIpc) is 3.00. The van der Waals surface area contributed by atoms with E-state index in [2.05, 4.69) is 40.3 Å². The fourth-order valence-corrected chi connectivity index (χ4v) is 3.71. The first-order valence-corrected chi connectivity index (χ1v) is 9.50. The van der Waals surface area contributed by atoms with Gasteiger partial charge in [0.1, 0.15) is 0 Å². The molecule has 3 nitrogen and oxygen atoms in total. The van der Waals surface area contributed by atoms with Crippen LogP contribution in [0.5, 0.6) is 0 Å². The molecule has 0 unspecified atom stereocenters. The number of nitrogens with zero attached hydrogens (tertiary/aromatic N) is 3. The summed E-state index contributed by atoms with van der Waals surface area (Å²) in [7, 11) is 1.94. The van der Waals surface area contributed by atoms with Gasteiger partial charge in [-0.1, -0.05) is 47.5 Å². The molecule has 3 aromatic carbocycles. The molecule has 0 atom stereocenters. The zero-order valence-electron chi connectivity index (χ0n) is 14.9. The summed E-state index contributed by atoms with van der Waals surface area (Å²) in [5.41, 5.74) is 4.45. The van der Waals surface area contributed by atoms with Gasteiger partial charge in [-0.15, -0.1) is 0 Å². The average molecular weight is 396 g/mol. The maximum atomic E-state index is 6.19. The lowest BCUT2D eigenvalue weighted by Gasteiger charge is -2.25. The van der Waals surface area contributed by atoms with Crippen molar-refractivity contribution in [3.05, 3.63) is 94.1 Å². The minimum absolute atomic E-state index is 0.748. The minimum Gasteiger partial charge on any atom is -0.363 e. The van der Waals surface area contributed by atoms with E-state index < -0.39 is 0 Å². The molecule has 27 heavy (non-hydrogen) atoms. The number of aryl methyl sites for hydroxylation is 1. The van der Waals surface area contributed by atoms with Crippen molar-refractivity contribution in [3.8, 4) is 0 Å². The predicted octanol–water partition coefficient (Wildman–Crippen LogP) is 6.09. The fraction of sp³-hybridized carbons (Fsp3) is 0.136. The van der Waals surface area contributed by atoms with Gasteiger partial charge in [0.15, 0.2) is 0 Å². The van der Waals surface area contributed by atoms with Gasteiger partial charge in [0.25, 0.3) is 0 Å². The molecule has 0 bridgehead atoms. The Balaban J connectivity index is 1.71. The van der Waals surface area contributed by atoms with Crippen molar-refractivity contribution >= 4 is 39.8 Å². The van der Waals surface area contributed by atoms with E-state index in [1.165, 1.54) is 0 Å². The molecule has 0 fully saturated rings. The van der Waals surface area contributed by atoms with Crippen molar-refractivity contribution in [2.24, 2.45) is 7.05 Å². The van der Waals surface area contributed by atoms with E-state index in [0.717, 1.165) is 50.9 Å². The SMILES string of the molecule is Cn1cc2cc(N(Cc3cccc(Cl)c3)Cc3cccc(Cl)c3)ccc2n1. The lowest BCUT2D eigenvalue weighted by Crippen LogP contribution is -2.22. The summed E-state index contributed by atoms with van der Waals surface area (Å²) < 4.78 is 1.84. The van der Waals surface area contributed by atoms with Crippen LogP contribution in [-0.2, 0) is 20.1 Å². The van der Waals surface area contributed by atoms with Crippen molar-refractivity contribution in [2.75, 3.05) is 4.90 Å². The maximum Gasteiger partial charge on any atom is 0.0924 e.